The van der Waals surface area contributed by atoms with Crippen molar-refractivity contribution in [2.75, 3.05) is 26.1 Å². The van der Waals surface area contributed by atoms with Crippen molar-refractivity contribution in [3.8, 4) is 17.2 Å². The third-order valence-corrected chi connectivity index (χ3v) is 4.82. The molecule has 1 N–H and O–H groups in total. The molecule has 0 spiro atoms. The molecule has 0 heterocycles. The first-order valence-electron chi connectivity index (χ1n) is 9.66. The number of halogens is 1. The highest BCUT2D eigenvalue weighted by Gasteiger charge is 2.15. The van der Waals surface area contributed by atoms with Crippen LogP contribution in [0.15, 0.2) is 66.7 Å². The number of carbonyl (C=O) groups excluding carboxylic acids is 2. The molecular weight excluding hydrogens is 434 g/mol. The van der Waals surface area contributed by atoms with Gasteiger partial charge in [-0.2, -0.15) is 0 Å². The van der Waals surface area contributed by atoms with Gasteiger partial charge in [0.2, 0.25) is 0 Å². The van der Waals surface area contributed by atoms with E-state index in [1.165, 1.54) is 26.4 Å². The van der Waals surface area contributed by atoms with Crippen molar-refractivity contribution in [2.24, 2.45) is 0 Å². The van der Waals surface area contributed by atoms with Crippen LogP contribution in [0.4, 0.5) is 5.69 Å². The Morgan fingerprint density at radius 2 is 1.59 bits per heavy atom. The predicted molar refractivity (Wildman–Crippen MR) is 121 cm³/mol. The van der Waals surface area contributed by atoms with Crippen molar-refractivity contribution in [3.05, 3.63) is 82.9 Å². The summed E-state index contributed by atoms with van der Waals surface area (Å²) in [5.41, 5.74) is 1.52. The van der Waals surface area contributed by atoms with Gasteiger partial charge in [-0.15, -0.1) is 0 Å². The summed E-state index contributed by atoms with van der Waals surface area (Å²) in [4.78, 5) is 24.5. The molecule has 0 aliphatic carbocycles. The number of carbonyl (C=O) groups is 2. The molecule has 0 fully saturated rings. The van der Waals surface area contributed by atoms with Crippen LogP contribution in [0, 0.1) is 0 Å². The molecule has 0 unspecified atom stereocenters. The molecule has 0 radical (unpaired) electrons. The van der Waals surface area contributed by atoms with E-state index in [1.807, 2.05) is 18.2 Å². The fourth-order valence-electron chi connectivity index (χ4n) is 2.83. The lowest BCUT2D eigenvalue weighted by atomic mass is 10.2. The second kappa shape index (κ2) is 11.1. The van der Waals surface area contributed by atoms with Crippen LogP contribution in [-0.4, -0.2) is 32.7 Å². The normalized spacial score (nSPS) is 10.2. The lowest BCUT2D eigenvalue weighted by molar-refractivity contribution is -0.119. The third-order valence-electron chi connectivity index (χ3n) is 4.46. The van der Waals surface area contributed by atoms with Crippen LogP contribution in [-0.2, 0) is 16.1 Å². The highest BCUT2D eigenvalue weighted by molar-refractivity contribution is 6.31. The van der Waals surface area contributed by atoms with Crippen molar-refractivity contribution < 1.29 is 28.5 Å². The average molecular weight is 456 g/mol. The number of ether oxygens (including phenoxy) is 4. The summed E-state index contributed by atoms with van der Waals surface area (Å²) in [6, 6.07) is 18.9. The van der Waals surface area contributed by atoms with Gasteiger partial charge in [-0.3, -0.25) is 4.79 Å². The van der Waals surface area contributed by atoms with E-state index in [1.54, 1.807) is 36.4 Å². The van der Waals surface area contributed by atoms with Crippen LogP contribution < -0.4 is 19.5 Å². The molecule has 3 aromatic rings. The monoisotopic (exact) mass is 455 g/mol. The SMILES string of the molecule is COc1ccccc1NC(=O)COC(=O)c1ccc(OCc2ccccc2Cl)c(OC)c1. The second-order valence-corrected chi connectivity index (χ2v) is 6.98. The van der Waals surface area contributed by atoms with Gasteiger partial charge in [-0.1, -0.05) is 41.9 Å². The molecule has 32 heavy (non-hydrogen) atoms. The lowest BCUT2D eigenvalue weighted by Gasteiger charge is -2.13. The first-order valence-corrected chi connectivity index (χ1v) is 10.0. The minimum Gasteiger partial charge on any atom is -0.495 e. The van der Waals surface area contributed by atoms with Gasteiger partial charge in [0, 0.05) is 10.6 Å². The van der Waals surface area contributed by atoms with E-state index >= 15 is 0 Å². The van der Waals surface area contributed by atoms with Crippen LogP contribution in [0.25, 0.3) is 0 Å². The number of rotatable bonds is 9. The number of benzene rings is 3. The van der Waals surface area contributed by atoms with Gasteiger partial charge < -0.3 is 24.3 Å². The van der Waals surface area contributed by atoms with Gasteiger partial charge in [-0.05, 0) is 36.4 Å². The third kappa shape index (κ3) is 5.92. The Morgan fingerprint density at radius 3 is 2.34 bits per heavy atom. The van der Waals surface area contributed by atoms with Crippen molar-refractivity contribution in [1.29, 1.82) is 0 Å². The van der Waals surface area contributed by atoms with E-state index in [4.69, 9.17) is 30.5 Å². The molecule has 1 amide bonds. The summed E-state index contributed by atoms with van der Waals surface area (Å²) < 4.78 is 21.4. The number of anilines is 1. The Labute approximate surface area is 190 Å². The molecule has 0 aliphatic rings. The van der Waals surface area contributed by atoms with Gasteiger partial charge in [0.25, 0.3) is 5.91 Å². The molecule has 7 nitrogen and oxygen atoms in total. The molecule has 3 aromatic carbocycles. The quantitative estimate of drug-likeness (QED) is 0.469. The number of para-hydroxylation sites is 2. The second-order valence-electron chi connectivity index (χ2n) is 6.57. The zero-order valence-corrected chi connectivity index (χ0v) is 18.3. The molecule has 8 heteroatoms. The molecule has 0 bridgehead atoms. The number of amides is 1. The van der Waals surface area contributed by atoms with Gasteiger partial charge >= 0.3 is 5.97 Å². The zero-order chi connectivity index (χ0) is 22.9. The van der Waals surface area contributed by atoms with Crippen LogP contribution >= 0.6 is 11.6 Å². The molecule has 0 aliphatic heterocycles. The standard InChI is InChI=1S/C24H22ClNO6/c1-29-20-10-6-5-9-19(20)26-23(27)15-32-24(28)16-11-12-21(22(13-16)30-2)31-14-17-7-3-4-8-18(17)25/h3-13H,14-15H2,1-2H3,(H,26,27). The fraction of sp³-hybridized carbons (Fsp3) is 0.167. The summed E-state index contributed by atoms with van der Waals surface area (Å²) in [6.07, 6.45) is 0. The number of nitrogens with one attached hydrogen (secondary N) is 1. The lowest BCUT2D eigenvalue weighted by Crippen LogP contribution is -2.21. The maximum Gasteiger partial charge on any atom is 0.338 e. The van der Waals surface area contributed by atoms with Crippen molar-refractivity contribution in [1.82, 2.24) is 0 Å². The van der Waals surface area contributed by atoms with Crippen LogP contribution in [0.2, 0.25) is 5.02 Å². The first-order chi connectivity index (χ1) is 15.5. The summed E-state index contributed by atoms with van der Waals surface area (Å²) in [5, 5.41) is 3.24. The molecule has 0 saturated heterocycles. The summed E-state index contributed by atoms with van der Waals surface area (Å²) in [5.74, 6) is 0.137. The van der Waals surface area contributed by atoms with Crippen molar-refractivity contribution in [2.45, 2.75) is 6.61 Å². The van der Waals surface area contributed by atoms with Gasteiger partial charge in [0.1, 0.15) is 12.4 Å². The summed E-state index contributed by atoms with van der Waals surface area (Å²) in [6.45, 7) is -0.215. The number of esters is 1. The van der Waals surface area contributed by atoms with Gasteiger partial charge in [0.05, 0.1) is 25.5 Å². The number of methoxy groups -OCH3 is 2. The van der Waals surface area contributed by atoms with E-state index in [0.717, 1.165) is 5.56 Å². The highest BCUT2D eigenvalue weighted by atomic mass is 35.5. The van der Waals surface area contributed by atoms with E-state index in [-0.39, 0.29) is 12.2 Å². The fourth-order valence-corrected chi connectivity index (χ4v) is 3.02. The van der Waals surface area contributed by atoms with Gasteiger partial charge in [0.15, 0.2) is 18.1 Å². The van der Waals surface area contributed by atoms with Crippen LogP contribution in [0.1, 0.15) is 15.9 Å². The molecule has 166 valence electrons. The van der Waals surface area contributed by atoms with Crippen LogP contribution in [0.3, 0.4) is 0 Å². The molecule has 0 saturated carbocycles. The molecular formula is C24H22ClNO6. The van der Waals surface area contributed by atoms with E-state index < -0.39 is 18.5 Å². The highest BCUT2D eigenvalue weighted by Crippen LogP contribution is 2.30. The Kier molecular flexibility index (Phi) is 7.94. The van der Waals surface area contributed by atoms with Crippen molar-refractivity contribution in [3.63, 3.8) is 0 Å². The Hall–Kier alpha value is -3.71. The summed E-state index contributed by atoms with van der Waals surface area (Å²) >= 11 is 6.15. The maximum atomic E-state index is 12.4. The zero-order valence-electron chi connectivity index (χ0n) is 17.6. The topological polar surface area (TPSA) is 83.1 Å². The number of hydrogen-bond donors (Lipinski definition) is 1. The number of hydrogen-bond acceptors (Lipinski definition) is 6. The minimum atomic E-state index is -0.670. The Balaban J connectivity index is 1.59. The smallest absolute Gasteiger partial charge is 0.338 e. The van der Waals surface area contributed by atoms with Crippen molar-refractivity contribution >= 4 is 29.2 Å². The van der Waals surface area contributed by atoms with Gasteiger partial charge in [-0.25, -0.2) is 4.79 Å². The summed E-state index contributed by atoms with van der Waals surface area (Å²) in [7, 11) is 2.97. The average Bonchev–Trinajstić information content (AvgIpc) is 2.82. The molecule has 3 rings (SSSR count). The first kappa shape index (κ1) is 23.0. The Bertz CT molecular complexity index is 1100. The maximum absolute atomic E-state index is 12.4. The largest absolute Gasteiger partial charge is 0.495 e. The molecule has 0 aromatic heterocycles. The van der Waals surface area contributed by atoms with Crippen LogP contribution in [0.5, 0.6) is 17.2 Å². The van der Waals surface area contributed by atoms with E-state index in [9.17, 15) is 9.59 Å². The van der Waals surface area contributed by atoms with E-state index in [0.29, 0.717) is 28.0 Å². The minimum absolute atomic E-state index is 0.219. The van der Waals surface area contributed by atoms with E-state index in [2.05, 4.69) is 5.32 Å². The predicted octanol–water partition coefficient (Wildman–Crippen LogP) is 4.73. The molecule has 0 atom stereocenters. The Morgan fingerprint density at radius 1 is 0.875 bits per heavy atom.